The van der Waals surface area contributed by atoms with Crippen molar-refractivity contribution in [3.63, 3.8) is 0 Å². The van der Waals surface area contributed by atoms with Gasteiger partial charge in [-0.05, 0) is 43.5 Å². The Morgan fingerprint density at radius 3 is 2.74 bits per heavy atom. The Labute approximate surface area is 220 Å². The maximum absolute atomic E-state index is 15.2. The van der Waals surface area contributed by atoms with Gasteiger partial charge >= 0.3 is 0 Å². The molecule has 2 amide bonds. The van der Waals surface area contributed by atoms with Gasteiger partial charge in [-0.2, -0.15) is 0 Å². The van der Waals surface area contributed by atoms with Crippen molar-refractivity contribution < 1.29 is 22.8 Å². The van der Waals surface area contributed by atoms with Gasteiger partial charge in [0.1, 0.15) is 34.5 Å². The zero-order chi connectivity index (χ0) is 27.3. The number of nitrogens with one attached hydrogen (secondary N) is 1. The molecule has 12 heteroatoms. The van der Waals surface area contributed by atoms with Crippen LogP contribution in [0.1, 0.15) is 59.8 Å². The second kappa shape index (κ2) is 9.68. The highest BCUT2D eigenvalue weighted by Gasteiger charge is 2.38. The summed E-state index contributed by atoms with van der Waals surface area (Å²) in [5, 5.41) is 2.36. The fraction of sp³-hybridized carbons (Fsp3) is 0.296. The van der Waals surface area contributed by atoms with Crippen molar-refractivity contribution in [3.05, 3.63) is 71.7 Å². The Morgan fingerprint density at radius 2 is 1.95 bits per heavy atom. The number of halogens is 3. The Bertz CT molecular complexity index is 1610. The van der Waals surface area contributed by atoms with E-state index in [9.17, 15) is 18.4 Å². The minimum absolute atomic E-state index is 0.0299. The van der Waals surface area contributed by atoms with Gasteiger partial charge < -0.3 is 16.0 Å². The fourth-order valence-electron chi connectivity index (χ4n) is 5.53. The number of hydrogen-bond acceptors (Lipinski definition) is 6. The number of nitrogen functional groups attached to an aromatic ring is 1. The van der Waals surface area contributed by atoms with Crippen molar-refractivity contribution in [2.24, 2.45) is 0 Å². The van der Waals surface area contributed by atoms with Gasteiger partial charge in [-0.15, -0.1) is 0 Å². The summed E-state index contributed by atoms with van der Waals surface area (Å²) in [4.78, 5) is 39.9. The van der Waals surface area contributed by atoms with Crippen LogP contribution in [0.25, 0.3) is 16.8 Å². The zero-order valence-electron chi connectivity index (χ0n) is 20.7. The van der Waals surface area contributed by atoms with Gasteiger partial charge in [0.15, 0.2) is 0 Å². The van der Waals surface area contributed by atoms with Gasteiger partial charge in [-0.25, -0.2) is 28.1 Å². The second-order valence-corrected chi connectivity index (χ2v) is 9.79. The number of alkyl halides is 2. The molecule has 3 N–H and O–H groups in total. The molecule has 0 unspecified atom stereocenters. The molecule has 2 aliphatic heterocycles. The number of pyridine rings is 1. The average Bonchev–Trinajstić information content (AvgIpc) is 3.50. The first-order chi connectivity index (χ1) is 18.8. The molecule has 0 aliphatic carbocycles. The van der Waals surface area contributed by atoms with Crippen LogP contribution in [-0.2, 0) is 4.79 Å². The van der Waals surface area contributed by atoms with Crippen molar-refractivity contribution in [1.82, 2.24) is 24.3 Å². The number of carbonyl (C=O) groups is 2. The van der Waals surface area contributed by atoms with E-state index in [0.29, 0.717) is 35.6 Å². The highest BCUT2D eigenvalue weighted by molar-refractivity contribution is 6.04. The monoisotopic (exact) mass is 535 g/mol. The first-order valence-electron chi connectivity index (χ1n) is 12.6. The zero-order valence-corrected chi connectivity index (χ0v) is 20.7. The van der Waals surface area contributed by atoms with Gasteiger partial charge in [0.25, 0.3) is 12.3 Å². The SMILES string of the molecule is Nc1nccn2c([C@@H]3CC[C@H]4CCC(=O)N4C3)nc(-c3ccc(C(=O)Nc4cc(C(F)F)ccn4)c(F)c3)c12. The smallest absolute Gasteiger partial charge is 0.264 e. The molecule has 9 nitrogen and oxygen atoms in total. The van der Waals surface area contributed by atoms with Crippen LogP contribution in [0.5, 0.6) is 0 Å². The van der Waals surface area contributed by atoms with E-state index < -0.39 is 18.1 Å². The summed E-state index contributed by atoms with van der Waals surface area (Å²) >= 11 is 0. The molecule has 0 saturated carbocycles. The molecule has 200 valence electrons. The number of rotatable bonds is 5. The Hall–Kier alpha value is -4.48. The molecule has 3 aromatic heterocycles. The molecule has 2 saturated heterocycles. The summed E-state index contributed by atoms with van der Waals surface area (Å²) in [5.41, 5.74) is 6.92. The Balaban J connectivity index is 1.32. The Morgan fingerprint density at radius 1 is 1.10 bits per heavy atom. The number of aromatic nitrogens is 4. The minimum atomic E-state index is -2.73. The van der Waals surface area contributed by atoms with Crippen molar-refractivity contribution in [1.29, 1.82) is 0 Å². The van der Waals surface area contributed by atoms with Crippen molar-refractivity contribution in [2.75, 3.05) is 17.6 Å². The molecule has 5 heterocycles. The van der Waals surface area contributed by atoms with Crippen LogP contribution >= 0.6 is 0 Å². The number of anilines is 2. The summed E-state index contributed by atoms with van der Waals surface area (Å²) < 4.78 is 43.0. The third-order valence-corrected chi connectivity index (χ3v) is 7.46. The first-order valence-corrected chi connectivity index (χ1v) is 12.6. The third kappa shape index (κ3) is 4.45. The second-order valence-electron chi connectivity index (χ2n) is 9.79. The maximum Gasteiger partial charge on any atom is 0.264 e. The van der Waals surface area contributed by atoms with E-state index in [2.05, 4.69) is 15.3 Å². The van der Waals surface area contributed by atoms with Crippen LogP contribution in [0.3, 0.4) is 0 Å². The summed E-state index contributed by atoms with van der Waals surface area (Å²) in [6.45, 7) is 0.554. The van der Waals surface area contributed by atoms with Crippen LogP contribution in [-0.4, -0.2) is 48.7 Å². The molecule has 4 aromatic rings. The van der Waals surface area contributed by atoms with Gasteiger partial charge in [0.05, 0.1) is 5.56 Å². The molecule has 2 fully saturated rings. The standard InChI is InChI=1S/C27H24F3N7O2/c28-19-11-14(2-5-18(19)27(39)34-20-12-15(24(29)30)7-8-32-20)22-23-25(31)33-9-10-36(23)26(35-22)16-1-3-17-4-6-21(38)37(17)13-16/h2,5,7-12,16-17,24H,1,3-4,6,13H2,(H2,31,33)(H,32,34,39)/t16-,17+/m1/s1. The highest BCUT2D eigenvalue weighted by atomic mass is 19.3. The lowest BCUT2D eigenvalue weighted by Gasteiger charge is -2.34. The van der Waals surface area contributed by atoms with Gasteiger partial charge in [-0.3, -0.25) is 14.0 Å². The van der Waals surface area contributed by atoms with E-state index in [1.165, 1.54) is 12.1 Å². The number of nitrogens with two attached hydrogens (primary N) is 1. The summed E-state index contributed by atoms with van der Waals surface area (Å²) in [5.74, 6) is -0.735. The van der Waals surface area contributed by atoms with E-state index in [1.807, 2.05) is 9.30 Å². The number of carbonyl (C=O) groups excluding carboxylic acids is 2. The Kier molecular flexibility index (Phi) is 6.16. The number of hydrogen-bond donors (Lipinski definition) is 2. The van der Waals surface area contributed by atoms with Crippen LogP contribution < -0.4 is 11.1 Å². The number of nitrogens with zero attached hydrogens (tertiary/aromatic N) is 5. The molecule has 0 radical (unpaired) electrons. The predicted octanol–water partition coefficient (Wildman–Crippen LogP) is 4.57. The van der Waals surface area contributed by atoms with Crippen molar-refractivity contribution >= 4 is 29.0 Å². The molecular weight excluding hydrogens is 511 g/mol. The van der Waals surface area contributed by atoms with Crippen LogP contribution in [0.2, 0.25) is 0 Å². The van der Waals surface area contributed by atoms with E-state index in [0.717, 1.165) is 37.6 Å². The summed E-state index contributed by atoms with van der Waals surface area (Å²) in [7, 11) is 0. The van der Waals surface area contributed by atoms with Crippen LogP contribution in [0, 0.1) is 5.82 Å². The van der Waals surface area contributed by atoms with E-state index in [4.69, 9.17) is 10.7 Å². The molecule has 0 spiro atoms. The topological polar surface area (TPSA) is 119 Å². The minimum Gasteiger partial charge on any atom is -0.382 e. The fourth-order valence-corrected chi connectivity index (χ4v) is 5.53. The third-order valence-electron chi connectivity index (χ3n) is 7.46. The largest absolute Gasteiger partial charge is 0.382 e. The molecule has 2 aliphatic rings. The molecule has 0 bridgehead atoms. The lowest BCUT2D eigenvalue weighted by molar-refractivity contribution is -0.130. The number of benzene rings is 1. The normalized spacial score (nSPS) is 19.1. The quantitative estimate of drug-likeness (QED) is 0.387. The van der Waals surface area contributed by atoms with E-state index in [1.54, 1.807) is 18.5 Å². The maximum atomic E-state index is 15.2. The lowest BCUT2D eigenvalue weighted by atomic mass is 9.92. The molecule has 39 heavy (non-hydrogen) atoms. The first kappa shape index (κ1) is 24.8. The van der Waals surface area contributed by atoms with Gasteiger partial charge in [0.2, 0.25) is 5.91 Å². The summed E-state index contributed by atoms with van der Waals surface area (Å²) in [6.07, 6.45) is 4.89. The number of imidazole rings is 1. The molecular formula is C27H24F3N7O2. The highest BCUT2D eigenvalue weighted by Crippen LogP contribution is 2.38. The average molecular weight is 536 g/mol. The number of amides is 2. The molecule has 2 atom stereocenters. The van der Waals surface area contributed by atoms with Crippen LogP contribution in [0.15, 0.2) is 48.9 Å². The van der Waals surface area contributed by atoms with E-state index >= 15 is 4.39 Å². The number of piperidine rings is 1. The molecule has 1 aromatic carbocycles. The van der Waals surface area contributed by atoms with Crippen molar-refractivity contribution in [2.45, 2.75) is 44.1 Å². The number of fused-ring (bicyclic) bond motifs is 2. The van der Waals surface area contributed by atoms with Crippen LogP contribution in [0.4, 0.5) is 24.8 Å². The van der Waals surface area contributed by atoms with Gasteiger partial charge in [-0.1, -0.05) is 6.07 Å². The predicted molar refractivity (Wildman–Crippen MR) is 137 cm³/mol. The van der Waals surface area contributed by atoms with Gasteiger partial charge in [0, 0.05) is 54.6 Å². The van der Waals surface area contributed by atoms with Crippen molar-refractivity contribution in [3.8, 4) is 11.3 Å². The molecule has 6 rings (SSSR count). The lowest BCUT2D eigenvalue weighted by Crippen LogP contribution is -2.41. The van der Waals surface area contributed by atoms with E-state index in [-0.39, 0.29) is 40.6 Å². The summed E-state index contributed by atoms with van der Waals surface area (Å²) in [6, 6.07) is 6.45.